The highest BCUT2D eigenvalue weighted by Gasteiger charge is 2.29. The van der Waals surface area contributed by atoms with Gasteiger partial charge >= 0.3 is 0 Å². The van der Waals surface area contributed by atoms with E-state index in [4.69, 9.17) is 11.6 Å². The molecular weight excluding hydrogens is 262 g/mol. The third-order valence-electron chi connectivity index (χ3n) is 4.39. The molecule has 0 saturated heterocycles. The Morgan fingerprint density at radius 2 is 2.11 bits per heavy atom. The molecule has 106 valence electrons. The number of nitrogens with one attached hydrogen (secondary N) is 1. The molecule has 1 aromatic heterocycles. The van der Waals surface area contributed by atoms with Crippen molar-refractivity contribution in [2.45, 2.75) is 46.1 Å². The average molecular weight is 284 g/mol. The highest BCUT2D eigenvalue weighted by molar-refractivity contribution is 6.34. The Hall–Kier alpha value is -1.03. The van der Waals surface area contributed by atoms with Crippen LogP contribution in [-0.2, 0) is 7.05 Å². The van der Waals surface area contributed by atoms with E-state index in [1.54, 1.807) is 11.7 Å². The summed E-state index contributed by atoms with van der Waals surface area (Å²) in [5.41, 5.74) is 1.16. The van der Waals surface area contributed by atoms with Crippen LogP contribution in [0.25, 0.3) is 0 Å². The molecule has 1 aliphatic carbocycles. The van der Waals surface area contributed by atoms with E-state index < -0.39 is 0 Å². The first-order valence-corrected chi connectivity index (χ1v) is 7.29. The highest BCUT2D eigenvalue weighted by atomic mass is 35.5. The molecule has 0 spiro atoms. The third kappa shape index (κ3) is 2.78. The summed E-state index contributed by atoms with van der Waals surface area (Å²) in [5, 5.41) is 7.76. The predicted octanol–water partition coefficient (Wildman–Crippen LogP) is 2.94. The van der Waals surface area contributed by atoms with Gasteiger partial charge in [0, 0.05) is 13.1 Å². The van der Waals surface area contributed by atoms with E-state index in [2.05, 4.69) is 24.3 Å². The van der Waals surface area contributed by atoms with Crippen LogP contribution in [-0.4, -0.2) is 21.7 Å². The number of rotatable bonds is 2. The summed E-state index contributed by atoms with van der Waals surface area (Å²) in [4.78, 5) is 12.4. The molecule has 0 aromatic carbocycles. The van der Waals surface area contributed by atoms with Gasteiger partial charge in [0.05, 0.1) is 10.7 Å². The van der Waals surface area contributed by atoms with Crippen LogP contribution in [0.2, 0.25) is 5.02 Å². The van der Waals surface area contributed by atoms with Crippen molar-refractivity contribution in [2.75, 3.05) is 0 Å². The zero-order valence-electron chi connectivity index (χ0n) is 12.0. The molecule has 1 saturated carbocycles. The molecule has 0 bridgehead atoms. The first-order chi connectivity index (χ1) is 8.91. The van der Waals surface area contributed by atoms with Crippen LogP contribution in [0, 0.1) is 18.8 Å². The maximum absolute atomic E-state index is 12.4. The number of amides is 1. The van der Waals surface area contributed by atoms with Gasteiger partial charge in [-0.2, -0.15) is 5.10 Å². The van der Waals surface area contributed by atoms with Crippen LogP contribution in [0.3, 0.4) is 0 Å². The van der Waals surface area contributed by atoms with Gasteiger partial charge in [-0.05, 0) is 25.2 Å². The van der Waals surface area contributed by atoms with Crippen LogP contribution in [0.15, 0.2) is 0 Å². The zero-order chi connectivity index (χ0) is 14.2. The monoisotopic (exact) mass is 283 g/mol. The van der Waals surface area contributed by atoms with Gasteiger partial charge in [0.15, 0.2) is 0 Å². The van der Waals surface area contributed by atoms with Gasteiger partial charge in [-0.3, -0.25) is 9.48 Å². The smallest absolute Gasteiger partial charge is 0.271 e. The Morgan fingerprint density at radius 1 is 1.42 bits per heavy atom. The Balaban J connectivity index is 2.12. The second-order valence-electron chi connectivity index (χ2n) is 5.72. The number of nitrogens with zero attached hydrogens (tertiary/aromatic N) is 2. The fourth-order valence-corrected chi connectivity index (χ4v) is 3.15. The number of hydrogen-bond donors (Lipinski definition) is 1. The van der Waals surface area contributed by atoms with Gasteiger partial charge in [-0.1, -0.05) is 38.3 Å². The molecule has 2 rings (SSSR count). The van der Waals surface area contributed by atoms with E-state index in [0.29, 0.717) is 28.2 Å². The highest BCUT2D eigenvalue weighted by Crippen LogP contribution is 2.30. The lowest BCUT2D eigenvalue weighted by molar-refractivity contribution is 0.0881. The fraction of sp³-hybridized carbons (Fsp3) is 0.714. The van der Waals surface area contributed by atoms with Crippen molar-refractivity contribution < 1.29 is 4.79 Å². The molecular formula is C14H22ClN3O. The molecule has 5 heteroatoms. The molecule has 0 radical (unpaired) electrons. The van der Waals surface area contributed by atoms with Gasteiger partial charge in [0.1, 0.15) is 5.69 Å². The molecule has 1 aromatic rings. The minimum absolute atomic E-state index is 0.112. The normalized spacial score (nSPS) is 27.3. The summed E-state index contributed by atoms with van der Waals surface area (Å²) >= 11 is 6.15. The lowest BCUT2D eigenvalue weighted by Gasteiger charge is -2.34. The SMILES string of the molecule is Cc1nn(C)c(C(=O)N[C@H]2CCC[C@H](C)[C@@H]2C)c1Cl. The van der Waals surface area contributed by atoms with E-state index >= 15 is 0 Å². The summed E-state index contributed by atoms with van der Waals surface area (Å²) in [6.45, 7) is 6.28. The summed E-state index contributed by atoms with van der Waals surface area (Å²) in [6.07, 6.45) is 3.47. The van der Waals surface area contributed by atoms with Gasteiger partial charge in [0.2, 0.25) is 0 Å². The van der Waals surface area contributed by atoms with Crippen molar-refractivity contribution in [3.8, 4) is 0 Å². The number of carbonyl (C=O) groups excluding carboxylic acids is 1. The number of hydrogen-bond acceptors (Lipinski definition) is 2. The van der Waals surface area contributed by atoms with E-state index in [0.717, 1.165) is 6.42 Å². The maximum Gasteiger partial charge on any atom is 0.271 e. The van der Waals surface area contributed by atoms with Crippen LogP contribution < -0.4 is 5.32 Å². The van der Waals surface area contributed by atoms with Gasteiger partial charge in [-0.25, -0.2) is 0 Å². The largest absolute Gasteiger partial charge is 0.348 e. The summed E-state index contributed by atoms with van der Waals surface area (Å²) in [6, 6.07) is 0.238. The quantitative estimate of drug-likeness (QED) is 0.907. The second kappa shape index (κ2) is 5.53. The summed E-state index contributed by atoms with van der Waals surface area (Å²) in [5.74, 6) is 1.05. The first-order valence-electron chi connectivity index (χ1n) is 6.91. The molecule has 1 amide bonds. The van der Waals surface area contributed by atoms with Crippen molar-refractivity contribution in [2.24, 2.45) is 18.9 Å². The van der Waals surface area contributed by atoms with Crippen LogP contribution in [0.4, 0.5) is 0 Å². The molecule has 4 nitrogen and oxygen atoms in total. The Labute approximate surface area is 119 Å². The van der Waals surface area contributed by atoms with Crippen LogP contribution >= 0.6 is 11.6 Å². The summed E-state index contributed by atoms with van der Waals surface area (Å²) in [7, 11) is 1.75. The Kier molecular flexibility index (Phi) is 4.19. The summed E-state index contributed by atoms with van der Waals surface area (Å²) < 4.78 is 1.56. The topological polar surface area (TPSA) is 46.9 Å². The fourth-order valence-electron chi connectivity index (χ4n) is 2.90. The molecule has 1 aliphatic rings. The lowest BCUT2D eigenvalue weighted by atomic mass is 9.78. The Bertz CT molecular complexity index is 483. The van der Waals surface area contributed by atoms with E-state index in [-0.39, 0.29) is 11.9 Å². The lowest BCUT2D eigenvalue weighted by Crippen LogP contribution is -2.44. The number of aromatic nitrogens is 2. The van der Waals surface area contributed by atoms with Crippen LogP contribution in [0.1, 0.15) is 49.3 Å². The van der Waals surface area contributed by atoms with E-state index in [9.17, 15) is 4.79 Å². The van der Waals surface area contributed by atoms with E-state index in [1.165, 1.54) is 12.8 Å². The molecule has 3 atom stereocenters. The molecule has 1 fully saturated rings. The average Bonchev–Trinajstić information content (AvgIpc) is 2.59. The van der Waals surface area contributed by atoms with Gasteiger partial charge in [0.25, 0.3) is 5.91 Å². The molecule has 1 N–H and O–H groups in total. The number of carbonyl (C=O) groups is 1. The van der Waals surface area contributed by atoms with Gasteiger partial charge < -0.3 is 5.32 Å². The number of aryl methyl sites for hydroxylation is 2. The first kappa shape index (κ1) is 14.4. The molecule has 1 heterocycles. The minimum Gasteiger partial charge on any atom is -0.348 e. The molecule has 0 aliphatic heterocycles. The molecule has 19 heavy (non-hydrogen) atoms. The number of halogens is 1. The van der Waals surface area contributed by atoms with Crippen molar-refractivity contribution in [1.82, 2.24) is 15.1 Å². The van der Waals surface area contributed by atoms with Gasteiger partial charge in [-0.15, -0.1) is 0 Å². The Morgan fingerprint density at radius 3 is 2.68 bits per heavy atom. The maximum atomic E-state index is 12.4. The predicted molar refractivity (Wildman–Crippen MR) is 76.4 cm³/mol. The van der Waals surface area contributed by atoms with Crippen molar-refractivity contribution in [3.63, 3.8) is 0 Å². The van der Waals surface area contributed by atoms with Crippen LogP contribution in [0.5, 0.6) is 0 Å². The zero-order valence-corrected chi connectivity index (χ0v) is 12.8. The van der Waals surface area contributed by atoms with Crippen molar-refractivity contribution >= 4 is 17.5 Å². The van der Waals surface area contributed by atoms with Crippen molar-refractivity contribution in [3.05, 3.63) is 16.4 Å². The standard InChI is InChI=1S/C14H22ClN3O/c1-8-6-5-7-11(9(8)2)16-14(19)13-12(15)10(3)17-18(13)4/h8-9,11H,5-7H2,1-4H3,(H,16,19)/t8-,9-,11-/m0/s1. The molecule has 0 unspecified atom stereocenters. The van der Waals surface area contributed by atoms with E-state index in [1.807, 2.05) is 6.92 Å². The van der Waals surface area contributed by atoms with Crippen molar-refractivity contribution in [1.29, 1.82) is 0 Å². The minimum atomic E-state index is -0.112. The second-order valence-corrected chi connectivity index (χ2v) is 6.10. The third-order valence-corrected chi connectivity index (χ3v) is 4.84.